The molecule has 3 heteroatoms. The fraction of sp³-hybridized carbons (Fsp3) is 0. The van der Waals surface area contributed by atoms with Crippen LogP contribution in [0.4, 0.5) is 34.1 Å². The Morgan fingerprint density at radius 3 is 1.23 bits per heavy atom. The van der Waals surface area contributed by atoms with Gasteiger partial charge in [0.1, 0.15) is 0 Å². The lowest BCUT2D eigenvalue weighted by molar-refractivity contribution is 1.28. The smallest absolute Gasteiger partial charge is 0.0540 e. The lowest BCUT2D eigenvalue weighted by Gasteiger charge is -2.27. The van der Waals surface area contributed by atoms with E-state index in [9.17, 15) is 0 Å². The second-order valence-electron chi connectivity index (χ2n) is 18.8. The molecule has 0 aliphatic rings. The Labute approximate surface area is 428 Å². The van der Waals surface area contributed by atoms with Gasteiger partial charge in [-0.1, -0.05) is 200 Å². The molecule has 1 heterocycles. The van der Waals surface area contributed by atoms with Crippen LogP contribution in [0.15, 0.2) is 279 Å². The van der Waals surface area contributed by atoms with Crippen molar-refractivity contribution >= 4 is 109 Å². The van der Waals surface area contributed by atoms with Crippen LogP contribution in [0.5, 0.6) is 0 Å². The van der Waals surface area contributed by atoms with Crippen molar-refractivity contribution in [3.8, 4) is 33.4 Å². The van der Waals surface area contributed by atoms with Gasteiger partial charge in [-0.2, -0.15) is 0 Å². The molecule has 0 saturated heterocycles. The number of fused-ring (bicyclic) bond motifs is 10. The van der Waals surface area contributed by atoms with Crippen LogP contribution < -0.4 is 9.80 Å². The zero-order valence-electron chi connectivity index (χ0n) is 39.9. The SMILES string of the molecule is c1ccc(N(c2ccccc2)c2ccc(-c3ccc(N(c4ccc(-c5ccc6c7ccccc7c7ccccc7c6c5)cc4)c4ccc(-c5cccc6c5sc5ccccc56)cc4)cc3)c3ccccc23)cc1. The highest BCUT2D eigenvalue weighted by atomic mass is 32.1. The number of hydrogen-bond acceptors (Lipinski definition) is 3. The van der Waals surface area contributed by atoms with Crippen LogP contribution in [0.2, 0.25) is 0 Å². The molecule has 14 aromatic rings. The van der Waals surface area contributed by atoms with Gasteiger partial charge in [-0.15, -0.1) is 11.3 Å². The predicted molar refractivity (Wildman–Crippen MR) is 315 cm³/mol. The van der Waals surface area contributed by atoms with Gasteiger partial charge in [0.25, 0.3) is 0 Å². The topological polar surface area (TPSA) is 6.48 Å². The van der Waals surface area contributed by atoms with Crippen LogP contribution in [-0.2, 0) is 0 Å². The van der Waals surface area contributed by atoms with Crippen LogP contribution in [0.3, 0.4) is 0 Å². The summed E-state index contributed by atoms with van der Waals surface area (Å²) in [5, 5.41) is 12.7. The van der Waals surface area contributed by atoms with Crippen molar-refractivity contribution < 1.29 is 0 Å². The van der Waals surface area contributed by atoms with Gasteiger partial charge in [0, 0.05) is 54.0 Å². The number of anilines is 6. The molecule has 14 rings (SSSR count). The molecule has 0 atom stereocenters. The molecule has 0 spiro atoms. The highest BCUT2D eigenvalue weighted by Crippen LogP contribution is 2.45. The molecule has 0 aliphatic carbocycles. The van der Waals surface area contributed by atoms with Crippen molar-refractivity contribution in [2.45, 2.75) is 0 Å². The standard InChI is InChI=1S/C70H46N2S/c1-3-16-51(17-4-1)72(52-18-5-2-6-19-52)68-45-44-56(58-20-11-12-25-64(58)68)48-32-39-54(40-33-48)71(55-41-34-49(35-42-55)57-27-15-28-66-65-26-13-14-29-69(65)73-70(57)66)53-37-30-47(31-38-53)50-36-43-63-61-23-8-7-21-59(61)60-22-9-10-24-62(60)67(63)46-50/h1-46H. The number of para-hydroxylation sites is 2. The Balaban J connectivity index is 0.860. The molecular formula is C70H46N2S. The van der Waals surface area contributed by atoms with Crippen molar-refractivity contribution in [2.24, 2.45) is 0 Å². The summed E-state index contributed by atoms with van der Waals surface area (Å²) in [5.74, 6) is 0. The van der Waals surface area contributed by atoms with Crippen LogP contribution in [-0.4, -0.2) is 0 Å². The average molecular weight is 947 g/mol. The van der Waals surface area contributed by atoms with Crippen LogP contribution in [0.25, 0.3) is 96.6 Å². The van der Waals surface area contributed by atoms with Gasteiger partial charge in [-0.3, -0.25) is 0 Å². The summed E-state index contributed by atoms with van der Waals surface area (Å²) >= 11 is 1.88. The molecular weight excluding hydrogens is 901 g/mol. The normalized spacial score (nSPS) is 11.6. The summed E-state index contributed by atoms with van der Waals surface area (Å²) in [6, 6.07) is 102. The number of rotatable bonds is 9. The summed E-state index contributed by atoms with van der Waals surface area (Å²) in [5.41, 5.74) is 13.8. The van der Waals surface area contributed by atoms with Crippen LogP contribution >= 0.6 is 11.3 Å². The van der Waals surface area contributed by atoms with Crippen molar-refractivity contribution in [3.63, 3.8) is 0 Å². The first kappa shape index (κ1) is 42.6. The van der Waals surface area contributed by atoms with E-state index in [1.165, 1.54) is 91.1 Å². The monoisotopic (exact) mass is 946 g/mol. The molecule has 13 aromatic carbocycles. The van der Waals surface area contributed by atoms with Gasteiger partial charge in [-0.05, 0) is 150 Å². The lowest BCUT2D eigenvalue weighted by Crippen LogP contribution is -2.10. The summed E-state index contributed by atoms with van der Waals surface area (Å²) in [6.07, 6.45) is 0. The Bertz CT molecular complexity index is 4280. The van der Waals surface area contributed by atoms with Gasteiger partial charge in [-0.25, -0.2) is 0 Å². The molecule has 0 aliphatic heterocycles. The quantitative estimate of drug-likeness (QED) is 0.133. The van der Waals surface area contributed by atoms with Crippen molar-refractivity contribution in [2.75, 3.05) is 9.80 Å². The number of hydrogen-bond donors (Lipinski definition) is 0. The van der Waals surface area contributed by atoms with Crippen LogP contribution in [0.1, 0.15) is 0 Å². The molecule has 0 amide bonds. The van der Waals surface area contributed by atoms with E-state index in [0.29, 0.717) is 0 Å². The highest BCUT2D eigenvalue weighted by molar-refractivity contribution is 7.26. The van der Waals surface area contributed by atoms with Gasteiger partial charge in [0.05, 0.1) is 5.69 Å². The van der Waals surface area contributed by atoms with E-state index < -0.39 is 0 Å². The number of nitrogens with zero attached hydrogens (tertiary/aromatic N) is 2. The molecule has 0 radical (unpaired) electrons. The third-order valence-electron chi connectivity index (χ3n) is 14.7. The van der Waals surface area contributed by atoms with E-state index in [0.717, 1.165) is 39.7 Å². The first-order valence-corrected chi connectivity index (χ1v) is 25.8. The summed E-state index contributed by atoms with van der Waals surface area (Å²) in [7, 11) is 0. The van der Waals surface area contributed by atoms with E-state index in [1.807, 2.05) is 11.3 Å². The van der Waals surface area contributed by atoms with Gasteiger partial charge in [0.2, 0.25) is 0 Å². The van der Waals surface area contributed by atoms with E-state index in [-0.39, 0.29) is 0 Å². The molecule has 2 nitrogen and oxygen atoms in total. The summed E-state index contributed by atoms with van der Waals surface area (Å²) in [6.45, 7) is 0. The maximum Gasteiger partial charge on any atom is 0.0540 e. The molecule has 73 heavy (non-hydrogen) atoms. The minimum Gasteiger partial charge on any atom is -0.311 e. The molecule has 342 valence electrons. The van der Waals surface area contributed by atoms with Gasteiger partial charge >= 0.3 is 0 Å². The lowest BCUT2D eigenvalue weighted by atomic mass is 9.92. The third kappa shape index (κ3) is 7.40. The average Bonchev–Trinajstić information content (AvgIpc) is 3.86. The number of benzene rings is 13. The van der Waals surface area contributed by atoms with Crippen molar-refractivity contribution in [3.05, 3.63) is 279 Å². The van der Waals surface area contributed by atoms with Gasteiger partial charge in [0.15, 0.2) is 0 Å². The predicted octanol–water partition coefficient (Wildman–Crippen LogP) is 20.6. The Morgan fingerprint density at radius 1 is 0.219 bits per heavy atom. The molecule has 0 N–H and O–H groups in total. The first-order valence-electron chi connectivity index (χ1n) is 25.0. The van der Waals surface area contributed by atoms with Gasteiger partial charge < -0.3 is 9.80 Å². The summed E-state index contributed by atoms with van der Waals surface area (Å²) < 4.78 is 2.64. The maximum atomic E-state index is 2.39. The second-order valence-corrected chi connectivity index (χ2v) is 19.8. The molecule has 0 saturated carbocycles. The van der Waals surface area contributed by atoms with E-state index in [1.54, 1.807) is 0 Å². The van der Waals surface area contributed by atoms with E-state index >= 15 is 0 Å². The Morgan fingerprint density at radius 2 is 0.644 bits per heavy atom. The van der Waals surface area contributed by atoms with Crippen molar-refractivity contribution in [1.82, 2.24) is 0 Å². The minimum atomic E-state index is 1.08. The fourth-order valence-corrected chi connectivity index (χ4v) is 12.4. The minimum absolute atomic E-state index is 1.08. The maximum absolute atomic E-state index is 2.39. The zero-order chi connectivity index (χ0) is 48.2. The zero-order valence-corrected chi connectivity index (χ0v) is 40.7. The fourth-order valence-electron chi connectivity index (χ4n) is 11.2. The van der Waals surface area contributed by atoms with E-state index in [2.05, 4.69) is 289 Å². The number of thiophene rings is 1. The Hall–Kier alpha value is -9.28. The van der Waals surface area contributed by atoms with Crippen LogP contribution in [0, 0.1) is 0 Å². The molecule has 0 fully saturated rings. The molecule has 0 bridgehead atoms. The largest absolute Gasteiger partial charge is 0.311 e. The Kier molecular flexibility index (Phi) is 10.4. The first-order chi connectivity index (χ1) is 36.2. The third-order valence-corrected chi connectivity index (χ3v) is 15.9. The molecule has 1 aromatic heterocycles. The van der Waals surface area contributed by atoms with E-state index in [4.69, 9.17) is 0 Å². The highest BCUT2D eigenvalue weighted by Gasteiger charge is 2.19. The second kappa shape index (κ2) is 17.8. The van der Waals surface area contributed by atoms with Crippen molar-refractivity contribution in [1.29, 1.82) is 0 Å². The molecule has 0 unspecified atom stereocenters. The summed E-state index contributed by atoms with van der Waals surface area (Å²) in [4.78, 5) is 4.74.